The van der Waals surface area contributed by atoms with Crippen molar-refractivity contribution in [3.63, 3.8) is 0 Å². The van der Waals surface area contributed by atoms with Crippen molar-refractivity contribution in [2.45, 2.75) is 20.3 Å². The lowest BCUT2D eigenvalue weighted by molar-refractivity contribution is -0.384. The van der Waals surface area contributed by atoms with E-state index in [0.29, 0.717) is 12.2 Å². The van der Waals surface area contributed by atoms with Crippen LogP contribution in [0.2, 0.25) is 0 Å². The highest BCUT2D eigenvalue weighted by Gasteiger charge is 2.32. The Morgan fingerprint density at radius 3 is 2.64 bits per heavy atom. The fourth-order valence-corrected chi connectivity index (χ4v) is 2.66. The quantitative estimate of drug-likeness (QED) is 0.436. The summed E-state index contributed by atoms with van der Waals surface area (Å²) in [6, 6.07) is 3.83. The zero-order valence-electron chi connectivity index (χ0n) is 14.1. The first-order chi connectivity index (χ1) is 11.9. The molecule has 0 N–H and O–H groups in total. The van der Waals surface area contributed by atoms with Gasteiger partial charge in [0.1, 0.15) is 6.54 Å². The number of benzene rings is 1. The maximum atomic E-state index is 12.8. The minimum atomic E-state index is -0.598. The lowest BCUT2D eigenvalue weighted by atomic mass is 10.1. The van der Waals surface area contributed by atoms with E-state index in [1.807, 2.05) is 0 Å². The highest BCUT2D eigenvalue weighted by atomic mass is 16.6. The standard InChI is InChI=1S/C16H19N3O6/c1-3-18-13-6-5-11(19(23)24)9-12(13)16(22)17(10-14(18)20)8-7-15(21)25-4-2/h5-6,9H,3-4,7-8,10H2,1-2H3. The molecule has 0 fully saturated rings. The Kier molecular flexibility index (Phi) is 5.68. The molecular weight excluding hydrogens is 330 g/mol. The molecule has 2 rings (SSSR count). The molecule has 0 atom stereocenters. The predicted molar refractivity (Wildman–Crippen MR) is 88.3 cm³/mol. The molecule has 0 radical (unpaired) electrons. The third kappa shape index (κ3) is 3.93. The van der Waals surface area contributed by atoms with Gasteiger partial charge in [-0.15, -0.1) is 0 Å². The third-order valence-corrected chi connectivity index (χ3v) is 3.83. The molecule has 25 heavy (non-hydrogen) atoms. The zero-order chi connectivity index (χ0) is 18.6. The largest absolute Gasteiger partial charge is 0.466 e. The van der Waals surface area contributed by atoms with Crippen LogP contribution in [0.25, 0.3) is 0 Å². The van der Waals surface area contributed by atoms with Crippen molar-refractivity contribution in [3.05, 3.63) is 33.9 Å². The van der Waals surface area contributed by atoms with Crippen molar-refractivity contribution in [3.8, 4) is 0 Å². The Bertz CT molecular complexity index is 718. The summed E-state index contributed by atoms with van der Waals surface area (Å²) in [6.45, 7) is 3.78. The number of anilines is 1. The van der Waals surface area contributed by atoms with E-state index < -0.39 is 16.8 Å². The van der Waals surface area contributed by atoms with Crippen LogP contribution in [0.4, 0.5) is 11.4 Å². The third-order valence-electron chi connectivity index (χ3n) is 3.83. The molecule has 0 aromatic heterocycles. The van der Waals surface area contributed by atoms with E-state index in [0.717, 1.165) is 6.07 Å². The predicted octanol–water partition coefficient (Wildman–Crippen LogP) is 1.36. The maximum Gasteiger partial charge on any atom is 0.307 e. The van der Waals surface area contributed by atoms with Crippen LogP contribution < -0.4 is 4.90 Å². The number of ether oxygens (including phenoxy) is 1. The molecule has 1 aromatic rings. The second-order valence-corrected chi connectivity index (χ2v) is 5.38. The van der Waals surface area contributed by atoms with Gasteiger partial charge in [-0.2, -0.15) is 0 Å². The molecular formula is C16H19N3O6. The summed E-state index contributed by atoms with van der Waals surface area (Å²) >= 11 is 0. The number of carbonyl (C=O) groups is 3. The zero-order valence-corrected chi connectivity index (χ0v) is 14.1. The molecule has 1 aromatic carbocycles. The topological polar surface area (TPSA) is 110 Å². The SMILES string of the molecule is CCOC(=O)CCN1CC(=O)N(CC)c2ccc([N+](=O)[O-])cc2C1=O. The number of amides is 2. The maximum absolute atomic E-state index is 12.8. The average molecular weight is 349 g/mol. The lowest BCUT2D eigenvalue weighted by Crippen LogP contribution is -2.40. The number of non-ortho nitro benzene ring substituents is 1. The van der Waals surface area contributed by atoms with Crippen LogP contribution in [0.1, 0.15) is 30.6 Å². The van der Waals surface area contributed by atoms with Gasteiger partial charge in [0.25, 0.3) is 11.6 Å². The van der Waals surface area contributed by atoms with Crippen LogP contribution in [0.15, 0.2) is 18.2 Å². The molecule has 0 aliphatic carbocycles. The first kappa shape index (κ1) is 18.4. The number of hydrogen-bond acceptors (Lipinski definition) is 6. The van der Waals surface area contributed by atoms with E-state index in [2.05, 4.69) is 0 Å². The number of carbonyl (C=O) groups excluding carboxylic acids is 3. The lowest BCUT2D eigenvalue weighted by Gasteiger charge is -2.21. The number of nitro groups is 1. The molecule has 2 amide bonds. The fourth-order valence-electron chi connectivity index (χ4n) is 2.66. The Balaban J connectivity index is 2.37. The summed E-state index contributed by atoms with van der Waals surface area (Å²) in [5, 5.41) is 11.0. The fraction of sp³-hybridized carbons (Fsp3) is 0.438. The monoisotopic (exact) mass is 349 g/mol. The van der Waals surface area contributed by atoms with Crippen molar-refractivity contribution in [2.75, 3.05) is 31.1 Å². The average Bonchev–Trinajstić information content (AvgIpc) is 2.68. The van der Waals surface area contributed by atoms with E-state index >= 15 is 0 Å². The van der Waals surface area contributed by atoms with Crippen LogP contribution in [0.3, 0.4) is 0 Å². The van der Waals surface area contributed by atoms with E-state index in [4.69, 9.17) is 4.74 Å². The minimum absolute atomic E-state index is 0.00307. The normalized spacial score (nSPS) is 14.2. The number of fused-ring (bicyclic) bond motifs is 1. The molecule has 9 nitrogen and oxygen atoms in total. The first-order valence-electron chi connectivity index (χ1n) is 7.92. The van der Waals surface area contributed by atoms with E-state index in [-0.39, 0.29) is 43.3 Å². The van der Waals surface area contributed by atoms with Gasteiger partial charge in [-0.25, -0.2) is 0 Å². The van der Waals surface area contributed by atoms with Gasteiger partial charge in [0.2, 0.25) is 5.91 Å². The number of likely N-dealkylation sites (N-methyl/N-ethyl adjacent to an activating group) is 1. The van der Waals surface area contributed by atoms with Crippen molar-refractivity contribution in [2.24, 2.45) is 0 Å². The number of rotatable bonds is 6. The van der Waals surface area contributed by atoms with E-state index in [1.54, 1.807) is 13.8 Å². The number of nitro benzene ring substituents is 1. The van der Waals surface area contributed by atoms with E-state index in [1.165, 1.54) is 21.9 Å². The number of nitrogens with zero attached hydrogens (tertiary/aromatic N) is 3. The van der Waals surface area contributed by atoms with Crippen molar-refractivity contribution in [1.29, 1.82) is 0 Å². The number of esters is 1. The summed E-state index contributed by atoms with van der Waals surface area (Å²) in [4.78, 5) is 49.7. The number of hydrogen-bond donors (Lipinski definition) is 0. The molecule has 134 valence electrons. The van der Waals surface area contributed by atoms with Crippen molar-refractivity contribution >= 4 is 29.2 Å². The van der Waals surface area contributed by atoms with Gasteiger partial charge in [0, 0.05) is 25.2 Å². The summed E-state index contributed by atoms with van der Waals surface area (Å²) in [6.07, 6.45) is -0.0523. The van der Waals surface area contributed by atoms with Crippen molar-refractivity contribution in [1.82, 2.24) is 4.90 Å². The molecule has 0 saturated heterocycles. The molecule has 1 aliphatic heterocycles. The molecule has 9 heteroatoms. The Labute approximate surface area is 144 Å². The van der Waals surface area contributed by atoms with Crippen LogP contribution >= 0.6 is 0 Å². The van der Waals surface area contributed by atoms with E-state index in [9.17, 15) is 24.5 Å². The molecule has 1 aliphatic rings. The highest BCUT2D eigenvalue weighted by molar-refractivity contribution is 6.10. The van der Waals surface area contributed by atoms with Gasteiger partial charge in [-0.3, -0.25) is 24.5 Å². The van der Waals surface area contributed by atoms with Gasteiger partial charge in [-0.05, 0) is 19.9 Å². The Morgan fingerprint density at radius 2 is 2.04 bits per heavy atom. The smallest absolute Gasteiger partial charge is 0.307 e. The summed E-state index contributed by atoms with van der Waals surface area (Å²) in [5.41, 5.74) is 0.176. The van der Waals surface area contributed by atoms with Gasteiger partial charge < -0.3 is 14.5 Å². The molecule has 1 heterocycles. The Morgan fingerprint density at radius 1 is 1.32 bits per heavy atom. The first-order valence-corrected chi connectivity index (χ1v) is 7.92. The van der Waals surface area contributed by atoms with Crippen LogP contribution in [0, 0.1) is 10.1 Å². The summed E-state index contributed by atoms with van der Waals surface area (Å²) in [7, 11) is 0. The molecule has 0 saturated carbocycles. The van der Waals surface area contributed by atoms with Gasteiger partial charge >= 0.3 is 5.97 Å². The molecule has 0 unspecified atom stereocenters. The Hall–Kier alpha value is -2.97. The highest BCUT2D eigenvalue weighted by Crippen LogP contribution is 2.29. The van der Waals surface area contributed by atoms with Crippen LogP contribution in [0.5, 0.6) is 0 Å². The second kappa shape index (κ2) is 7.73. The second-order valence-electron chi connectivity index (χ2n) is 5.38. The van der Waals surface area contributed by atoms with Crippen LogP contribution in [-0.2, 0) is 14.3 Å². The minimum Gasteiger partial charge on any atom is -0.466 e. The van der Waals surface area contributed by atoms with Crippen molar-refractivity contribution < 1.29 is 24.0 Å². The van der Waals surface area contributed by atoms with Gasteiger partial charge in [-0.1, -0.05) is 0 Å². The van der Waals surface area contributed by atoms with Gasteiger partial charge in [0.15, 0.2) is 0 Å². The molecule has 0 spiro atoms. The molecule has 0 bridgehead atoms. The summed E-state index contributed by atoms with van der Waals surface area (Å²) in [5.74, 6) is -1.31. The van der Waals surface area contributed by atoms with Crippen LogP contribution in [-0.4, -0.2) is 53.8 Å². The van der Waals surface area contributed by atoms with Gasteiger partial charge in [0.05, 0.1) is 29.2 Å². The summed E-state index contributed by atoms with van der Waals surface area (Å²) < 4.78 is 4.83.